The largest absolute Gasteiger partial charge is 0.451 e. The highest BCUT2D eigenvalue weighted by Crippen LogP contribution is 2.19. The molecule has 1 aromatic carbocycles. The minimum atomic E-state index is -0.818. The molecule has 0 fully saturated rings. The monoisotopic (exact) mass is 423 g/mol. The molecule has 0 unspecified atom stereocenters. The molecule has 2 aromatic rings. The van der Waals surface area contributed by atoms with Crippen LogP contribution in [-0.2, 0) is 32.2 Å². The summed E-state index contributed by atoms with van der Waals surface area (Å²) in [6.45, 7) is 7.07. The summed E-state index contributed by atoms with van der Waals surface area (Å²) >= 11 is 0. The van der Waals surface area contributed by atoms with Crippen molar-refractivity contribution in [2.75, 3.05) is 27.4 Å². The second-order valence-electron chi connectivity index (χ2n) is 7.39. The Hall–Kier alpha value is -3.37. The minimum Gasteiger partial charge on any atom is -0.451 e. The van der Waals surface area contributed by atoms with Crippen molar-refractivity contribution < 1.29 is 19.1 Å². The first-order chi connectivity index (χ1) is 14.8. The van der Waals surface area contributed by atoms with Crippen LogP contribution in [0.3, 0.4) is 0 Å². The van der Waals surface area contributed by atoms with Crippen LogP contribution in [0.2, 0.25) is 0 Å². The van der Waals surface area contributed by atoms with E-state index in [1.165, 1.54) is 11.0 Å². The zero-order valence-corrected chi connectivity index (χ0v) is 18.8. The molecule has 0 radical (unpaired) electrons. The number of methoxy groups -OCH3 is 1. The maximum atomic E-state index is 12.4. The van der Waals surface area contributed by atoms with Gasteiger partial charge in [0.2, 0.25) is 0 Å². The second kappa shape index (κ2) is 11.1. The molecule has 1 amide bonds. The fraction of sp³-hybridized carbons (Fsp3) is 0.375. The molecule has 0 bridgehead atoms. The first-order valence-electron chi connectivity index (χ1n) is 10.0. The average molecular weight is 424 g/mol. The zero-order chi connectivity index (χ0) is 23.0. The first-order valence-corrected chi connectivity index (χ1v) is 10.0. The molecule has 0 aliphatic carbocycles. The number of aromatic nitrogens is 1. The molecule has 0 spiro atoms. The van der Waals surface area contributed by atoms with Crippen LogP contribution >= 0.6 is 0 Å². The average Bonchev–Trinajstić information content (AvgIpc) is 3.02. The molecule has 2 rings (SSSR count). The van der Waals surface area contributed by atoms with Gasteiger partial charge in [0, 0.05) is 38.6 Å². The van der Waals surface area contributed by atoms with Gasteiger partial charge in [0.25, 0.3) is 5.91 Å². The van der Waals surface area contributed by atoms with Gasteiger partial charge in [0.1, 0.15) is 11.6 Å². The van der Waals surface area contributed by atoms with Crippen LogP contribution < -0.4 is 0 Å². The maximum absolute atomic E-state index is 12.4. The van der Waals surface area contributed by atoms with Gasteiger partial charge in [-0.2, -0.15) is 5.26 Å². The van der Waals surface area contributed by atoms with Crippen LogP contribution in [0.1, 0.15) is 28.1 Å². The molecule has 7 nitrogen and oxygen atoms in total. The van der Waals surface area contributed by atoms with Crippen LogP contribution in [0.25, 0.3) is 6.08 Å². The van der Waals surface area contributed by atoms with E-state index in [9.17, 15) is 14.9 Å². The van der Waals surface area contributed by atoms with E-state index < -0.39 is 12.6 Å². The van der Waals surface area contributed by atoms with Crippen molar-refractivity contribution in [3.8, 4) is 6.07 Å². The molecule has 0 N–H and O–H groups in total. The third-order valence-corrected chi connectivity index (χ3v) is 5.19. The number of carbonyl (C=O) groups excluding carboxylic acids is 2. The predicted octanol–water partition coefficient (Wildman–Crippen LogP) is 3.17. The molecule has 1 aromatic heterocycles. The summed E-state index contributed by atoms with van der Waals surface area (Å²) in [5, 5.41) is 9.42. The van der Waals surface area contributed by atoms with Gasteiger partial charge in [-0.3, -0.25) is 4.79 Å². The van der Waals surface area contributed by atoms with E-state index in [4.69, 9.17) is 9.47 Å². The van der Waals surface area contributed by atoms with Crippen molar-refractivity contribution in [3.05, 3.63) is 64.0 Å². The number of rotatable bonds is 9. The number of aryl methyl sites for hydroxylation is 2. The van der Waals surface area contributed by atoms with Crippen molar-refractivity contribution in [1.82, 2.24) is 9.47 Å². The molecule has 7 heteroatoms. The van der Waals surface area contributed by atoms with Gasteiger partial charge in [-0.25, -0.2) is 4.79 Å². The summed E-state index contributed by atoms with van der Waals surface area (Å²) in [7, 11) is 3.29. The lowest BCUT2D eigenvalue weighted by atomic mass is 10.1. The number of amides is 1. The molecule has 0 aliphatic heterocycles. The summed E-state index contributed by atoms with van der Waals surface area (Å²) in [4.78, 5) is 26.2. The molecular formula is C24H29N3O4. The first kappa shape index (κ1) is 23.9. The Morgan fingerprint density at radius 3 is 2.58 bits per heavy atom. The van der Waals surface area contributed by atoms with Crippen LogP contribution in [0.4, 0.5) is 0 Å². The molecule has 1 heterocycles. The van der Waals surface area contributed by atoms with Gasteiger partial charge in [-0.15, -0.1) is 0 Å². The number of nitrogens with zero attached hydrogens (tertiary/aromatic N) is 3. The number of hydrogen-bond donors (Lipinski definition) is 0. The Morgan fingerprint density at radius 1 is 1.23 bits per heavy atom. The standard InChI is InChI=1S/C24H29N3O4/c1-17-8-6-7-9-20(17)15-26(4)23(28)16-31-24(29)22(14-25)13-21-12-18(2)27(19(21)3)10-11-30-5/h6-9,12-13H,10-11,15-16H2,1-5H3/b22-13+. The third kappa shape index (κ3) is 6.30. The molecule has 0 saturated heterocycles. The molecule has 31 heavy (non-hydrogen) atoms. The molecular weight excluding hydrogens is 394 g/mol. The number of esters is 1. The van der Waals surface area contributed by atoms with E-state index in [1.807, 2.05) is 57.2 Å². The summed E-state index contributed by atoms with van der Waals surface area (Å²) < 4.78 is 12.3. The Morgan fingerprint density at radius 2 is 1.94 bits per heavy atom. The second-order valence-corrected chi connectivity index (χ2v) is 7.39. The van der Waals surface area contributed by atoms with Gasteiger partial charge in [-0.1, -0.05) is 24.3 Å². The molecule has 0 aliphatic rings. The van der Waals surface area contributed by atoms with Crippen LogP contribution in [0.5, 0.6) is 0 Å². The number of hydrogen-bond acceptors (Lipinski definition) is 5. The van der Waals surface area contributed by atoms with Crippen molar-refractivity contribution in [1.29, 1.82) is 5.26 Å². The van der Waals surface area contributed by atoms with Crippen LogP contribution in [0.15, 0.2) is 35.9 Å². The minimum absolute atomic E-state index is 0.152. The van der Waals surface area contributed by atoms with Gasteiger partial charge in [-0.05, 0) is 49.6 Å². The van der Waals surface area contributed by atoms with Crippen LogP contribution in [-0.4, -0.2) is 48.7 Å². The Labute approximate surface area is 183 Å². The molecule has 164 valence electrons. The fourth-order valence-corrected chi connectivity index (χ4v) is 3.24. The van der Waals surface area contributed by atoms with Crippen molar-refractivity contribution in [2.24, 2.45) is 0 Å². The zero-order valence-electron chi connectivity index (χ0n) is 18.8. The summed E-state index contributed by atoms with van der Waals surface area (Å²) in [6.07, 6.45) is 1.50. The van der Waals surface area contributed by atoms with E-state index in [1.54, 1.807) is 14.2 Å². The van der Waals surface area contributed by atoms with Gasteiger partial charge in [0.05, 0.1) is 6.61 Å². The fourth-order valence-electron chi connectivity index (χ4n) is 3.24. The Kier molecular flexibility index (Phi) is 8.59. The Balaban J connectivity index is 2.02. The highest BCUT2D eigenvalue weighted by Gasteiger charge is 2.17. The highest BCUT2D eigenvalue weighted by molar-refractivity contribution is 5.99. The summed E-state index contributed by atoms with van der Waals surface area (Å²) in [5.74, 6) is -1.16. The van der Waals surface area contributed by atoms with E-state index in [0.717, 1.165) is 28.1 Å². The van der Waals surface area contributed by atoms with Crippen LogP contribution in [0, 0.1) is 32.1 Å². The Bertz CT molecular complexity index is 1010. The van der Waals surface area contributed by atoms with Crippen molar-refractivity contribution >= 4 is 18.0 Å². The quantitative estimate of drug-likeness (QED) is 0.351. The normalized spacial score (nSPS) is 11.2. The van der Waals surface area contributed by atoms with E-state index in [2.05, 4.69) is 4.57 Å². The smallest absolute Gasteiger partial charge is 0.349 e. The van der Waals surface area contributed by atoms with Gasteiger partial charge >= 0.3 is 5.97 Å². The highest BCUT2D eigenvalue weighted by atomic mass is 16.5. The number of carbonyl (C=O) groups is 2. The SMILES string of the molecule is COCCn1c(C)cc(/C=C(\C#N)C(=O)OCC(=O)N(C)Cc2ccccc2C)c1C. The lowest BCUT2D eigenvalue weighted by Crippen LogP contribution is -2.31. The molecule has 0 atom stereocenters. The van der Waals surface area contributed by atoms with Crippen molar-refractivity contribution in [3.63, 3.8) is 0 Å². The van der Waals surface area contributed by atoms with Crippen molar-refractivity contribution in [2.45, 2.75) is 33.9 Å². The van der Waals surface area contributed by atoms with Gasteiger partial charge < -0.3 is 18.9 Å². The predicted molar refractivity (Wildman–Crippen MR) is 118 cm³/mol. The number of nitriles is 1. The summed E-state index contributed by atoms with van der Waals surface area (Å²) in [5.41, 5.74) is 4.62. The molecule has 0 saturated carbocycles. The number of benzene rings is 1. The number of ether oxygens (including phenoxy) is 2. The summed E-state index contributed by atoms with van der Waals surface area (Å²) in [6, 6.07) is 11.6. The third-order valence-electron chi connectivity index (χ3n) is 5.19. The van der Waals surface area contributed by atoms with Gasteiger partial charge in [0.15, 0.2) is 6.61 Å². The lowest BCUT2D eigenvalue weighted by Gasteiger charge is -2.18. The maximum Gasteiger partial charge on any atom is 0.349 e. The topological polar surface area (TPSA) is 84.6 Å². The number of likely N-dealkylation sites (N-methyl/N-ethyl adjacent to an activating group) is 1. The lowest BCUT2D eigenvalue weighted by molar-refractivity contribution is -0.148. The van der Waals surface area contributed by atoms with E-state index in [0.29, 0.717) is 19.7 Å². The van der Waals surface area contributed by atoms with E-state index >= 15 is 0 Å². The van der Waals surface area contributed by atoms with E-state index in [-0.39, 0.29) is 11.5 Å².